The molecule has 1 aliphatic heterocycles. The lowest BCUT2D eigenvalue weighted by Gasteiger charge is -2.22. The van der Waals surface area contributed by atoms with Crippen LogP contribution in [0, 0.1) is 11.3 Å². The Kier molecular flexibility index (Phi) is 2.92. The van der Waals surface area contributed by atoms with E-state index in [-0.39, 0.29) is 17.3 Å². The van der Waals surface area contributed by atoms with Crippen LogP contribution in [-0.2, 0) is 16.0 Å². The van der Waals surface area contributed by atoms with Gasteiger partial charge in [0.1, 0.15) is 0 Å². The van der Waals surface area contributed by atoms with E-state index in [4.69, 9.17) is 16.3 Å². The molecule has 1 saturated heterocycles. The van der Waals surface area contributed by atoms with Crippen LogP contribution in [0.1, 0.15) is 17.7 Å². The van der Waals surface area contributed by atoms with Crippen LogP contribution in [-0.4, -0.2) is 12.6 Å². The molecule has 1 saturated carbocycles. The summed E-state index contributed by atoms with van der Waals surface area (Å²) in [6, 6.07) is 8.09. The number of fused-ring (bicyclic) bond motifs is 2. The van der Waals surface area contributed by atoms with E-state index < -0.39 is 0 Å². The minimum absolute atomic E-state index is 0.0466. The number of carbonyl (C=O) groups excluding carboxylic acids is 1. The second-order valence-corrected chi connectivity index (χ2v) is 7.67. The quantitative estimate of drug-likeness (QED) is 0.597. The molecule has 4 heteroatoms. The highest BCUT2D eigenvalue weighted by Gasteiger charge is 2.56. The number of hydrogen-bond acceptors (Lipinski definition) is 3. The van der Waals surface area contributed by atoms with Gasteiger partial charge in [-0.1, -0.05) is 35.9 Å². The fraction of sp³-hybridized carbons (Fsp3) is 0.353. The van der Waals surface area contributed by atoms with Gasteiger partial charge in [-0.05, 0) is 36.8 Å². The molecular formula is C17H15ClO2S. The standard InChI is InChI=1S/C17H15ClO2S/c1-10-5-12-9-20-16(19)17(12,7-10)8-13-6-11-3-2-4-14(18)15(11)21-13/h2-4,6,12H,1,5,7-9H2/t12-,17+/m1/s1. The average molecular weight is 319 g/mol. The lowest BCUT2D eigenvalue weighted by atomic mass is 9.77. The first kappa shape index (κ1) is 13.4. The molecule has 0 unspecified atom stereocenters. The molecule has 1 aromatic heterocycles. The maximum Gasteiger partial charge on any atom is 0.313 e. The van der Waals surface area contributed by atoms with Crippen LogP contribution in [0.2, 0.25) is 5.02 Å². The van der Waals surface area contributed by atoms with Gasteiger partial charge in [0, 0.05) is 10.8 Å². The van der Waals surface area contributed by atoms with Gasteiger partial charge in [-0.3, -0.25) is 4.79 Å². The molecule has 0 bridgehead atoms. The lowest BCUT2D eigenvalue weighted by molar-refractivity contribution is -0.146. The number of esters is 1. The van der Waals surface area contributed by atoms with Crippen molar-refractivity contribution in [1.82, 2.24) is 0 Å². The van der Waals surface area contributed by atoms with Crippen molar-refractivity contribution in [3.8, 4) is 0 Å². The molecule has 1 aromatic carbocycles. The van der Waals surface area contributed by atoms with Crippen molar-refractivity contribution in [3.63, 3.8) is 0 Å². The Labute approximate surface area is 132 Å². The first-order valence-corrected chi connectivity index (χ1v) is 8.29. The van der Waals surface area contributed by atoms with Gasteiger partial charge in [0.05, 0.1) is 21.7 Å². The highest BCUT2D eigenvalue weighted by molar-refractivity contribution is 7.19. The van der Waals surface area contributed by atoms with Crippen LogP contribution in [0.25, 0.3) is 10.1 Å². The zero-order valence-electron chi connectivity index (χ0n) is 11.5. The van der Waals surface area contributed by atoms with Crippen molar-refractivity contribution in [1.29, 1.82) is 0 Å². The minimum Gasteiger partial charge on any atom is -0.465 e. The van der Waals surface area contributed by atoms with Gasteiger partial charge in [0.25, 0.3) is 0 Å². The van der Waals surface area contributed by atoms with Crippen molar-refractivity contribution in [2.75, 3.05) is 6.61 Å². The Hall–Kier alpha value is -1.32. The van der Waals surface area contributed by atoms with Crippen LogP contribution in [0.5, 0.6) is 0 Å². The summed E-state index contributed by atoms with van der Waals surface area (Å²) in [5, 5.41) is 1.93. The molecule has 2 aliphatic rings. The maximum absolute atomic E-state index is 12.3. The number of benzene rings is 1. The van der Waals surface area contributed by atoms with E-state index >= 15 is 0 Å². The third kappa shape index (κ3) is 1.95. The molecule has 2 nitrogen and oxygen atoms in total. The lowest BCUT2D eigenvalue weighted by Crippen LogP contribution is -2.31. The molecule has 4 rings (SSSR count). The van der Waals surface area contributed by atoms with Crippen LogP contribution >= 0.6 is 22.9 Å². The Morgan fingerprint density at radius 3 is 3.14 bits per heavy atom. The number of ether oxygens (including phenoxy) is 1. The van der Waals surface area contributed by atoms with E-state index in [1.54, 1.807) is 11.3 Å². The molecule has 0 amide bonds. The van der Waals surface area contributed by atoms with E-state index in [9.17, 15) is 4.79 Å². The van der Waals surface area contributed by atoms with Crippen molar-refractivity contribution in [2.45, 2.75) is 19.3 Å². The van der Waals surface area contributed by atoms with Crippen molar-refractivity contribution < 1.29 is 9.53 Å². The predicted octanol–water partition coefficient (Wildman–Crippen LogP) is 4.61. The van der Waals surface area contributed by atoms with Gasteiger partial charge in [0.2, 0.25) is 0 Å². The Morgan fingerprint density at radius 2 is 2.33 bits per heavy atom. The van der Waals surface area contributed by atoms with Gasteiger partial charge in [-0.2, -0.15) is 0 Å². The SMILES string of the molecule is C=C1C[C@@H]2COC(=O)[C@]2(Cc2cc3cccc(Cl)c3s2)C1. The van der Waals surface area contributed by atoms with Crippen LogP contribution in [0.15, 0.2) is 36.4 Å². The summed E-state index contributed by atoms with van der Waals surface area (Å²) in [5.41, 5.74) is 0.792. The van der Waals surface area contributed by atoms with Crippen LogP contribution in [0.3, 0.4) is 0 Å². The summed E-state index contributed by atoms with van der Waals surface area (Å²) in [5.74, 6) is 0.243. The number of thiophene rings is 1. The minimum atomic E-state index is -0.384. The molecule has 2 aromatic rings. The van der Waals surface area contributed by atoms with Crippen molar-refractivity contribution in [3.05, 3.63) is 46.3 Å². The van der Waals surface area contributed by atoms with Gasteiger partial charge in [0.15, 0.2) is 0 Å². The zero-order valence-corrected chi connectivity index (χ0v) is 13.1. The van der Waals surface area contributed by atoms with E-state index in [1.807, 2.05) is 12.1 Å². The number of rotatable bonds is 2. The molecule has 2 fully saturated rings. The molecule has 0 spiro atoms. The summed E-state index contributed by atoms with van der Waals surface area (Å²) >= 11 is 7.94. The first-order chi connectivity index (χ1) is 10.1. The molecule has 2 atom stereocenters. The number of halogens is 1. The molecule has 0 radical (unpaired) electrons. The fourth-order valence-corrected chi connectivity index (χ4v) is 5.23. The Balaban J connectivity index is 1.75. The highest BCUT2D eigenvalue weighted by Crippen LogP contribution is 2.53. The molecule has 108 valence electrons. The van der Waals surface area contributed by atoms with Crippen molar-refractivity contribution >= 4 is 39.0 Å². The average Bonchev–Trinajstić information content (AvgIpc) is 3.06. The molecule has 0 N–H and O–H groups in total. The Bertz CT molecular complexity index is 763. The monoisotopic (exact) mass is 318 g/mol. The maximum atomic E-state index is 12.3. The molecule has 1 aliphatic carbocycles. The summed E-state index contributed by atoms with van der Waals surface area (Å²) in [4.78, 5) is 13.5. The smallest absolute Gasteiger partial charge is 0.313 e. The first-order valence-electron chi connectivity index (χ1n) is 7.09. The fourth-order valence-electron chi connectivity index (χ4n) is 3.74. The van der Waals surface area contributed by atoms with E-state index in [0.29, 0.717) is 6.61 Å². The van der Waals surface area contributed by atoms with Crippen LogP contribution in [0.4, 0.5) is 0 Å². The summed E-state index contributed by atoms with van der Waals surface area (Å²) in [6.45, 7) is 4.63. The summed E-state index contributed by atoms with van der Waals surface area (Å²) in [6.07, 6.45) is 2.42. The summed E-state index contributed by atoms with van der Waals surface area (Å²) < 4.78 is 6.44. The second-order valence-electron chi connectivity index (χ2n) is 6.13. The van der Waals surface area contributed by atoms with Gasteiger partial charge in [-0.15, -0.1) is 11.3 Å². The van der Waals surface area contributed by atoms with E-state index in [1.165, 1.54) is 10.5 Å². The molecular weight excluding hydrogens is 304 g/mol. The third-order valence-electron chi connectivity index (χ3n) is 4.74. The second kappa shape index (κ2) is 4.59. The van der Waals surface area contributed by atoms with Crippen molar-refractivity contribution in [2.24, 2.45) is 11.3 Å². The largest absolute Gasteiger partial charge is 0.465 e. The Morgan fingerprint density at radius 1 is 1.48 bits per heavy atom. The molecule has 2 heterocycles. The van der Waals surface area contributed by atoms with Gasteiger partial charge in [-0.25, -0.2) is 0 Å². The third-order valence-corrected chi connectivity index (χ3v) is 6.35. The van der Waals surface area contributed by atoms with E-state index in [2.05, 4.69) is 18.7 Å². The van der Waals surface area contributed by atoms with E-state index in [0.717, 1.165) is 34.4 Å². The number of hydrogen-bond donors (Lipinski definition) is 0. The topological polar surface area (TPSA) is 26.3 Å². The number of carbonyl (C=O) groups is 1. The van der Waals surface area contributed by atoms with Crippen LogP contribution < -0.4 is 0 Å². The van der Waals surface area contributed by atoms with Gasteiger partial charge >= 0.3 is 5.97 Å². The highest BCUT2D eigenvalue weighted by atomic mass is 35.5. The number of allylic oxidation sites excluding steroid dienone is 1. The predicted molar refractivity (Wildman–Crippen MR) is 85.8 cm³/mol. The number of cyclic esters (lactones) is 1. The zero-order chi connectivity index (χ0) is 14.6. The summed E-state index contributed by atoms with van der Waals surface area (Å²) in [7, 11) is 0. The van der Waals surface area contributed by atoms with Gasteiger partial charge < -0.3 is 4.74 Å². The molecule has 21 heavy (non-hydrogen) atoms. The normalized spacial score (nSPS) is 28.1.